The van der Waals surface area contributed by atoms with Gasteiger partial charge in [0.05, 0.1) is 16.3 Å². The minimum atomic E-state index is -0.712. The van der Waals surface area contributed by atoms with Crippen LogP contribution < -0.4 is 10.6 Å². The average molecular weight is 404 g/mol. The minimum Gasteiger partial charge on any atom is -0.382 e. The molecule has 0 fully saturated rings. The third kappa shape index (κ3) is 4.67. The maximum absolute atomic E-state index is 12.2. The summed E-state index contributed by atoms with van der Waals surface area (Å²) >= 11 is 12.1. The zero-order chi connectivity index (χ0) is 19.2. The van der Waals surface area contributed by atoms with E-state index in [9.17, 15) is 4.79 Å². The number of rotatable bonds is 6. The van der Waals surface area contributed by atoms with Crippen molar-refractivity contribution in [1.29, 1.82) is 5.26 Å². The molecule has 1 aromatic heterocycles. The smallest absolute Gasteiger partial charge is 0.264 e. The molecule has 0 radical (unpaired) electrons. The standard InChI is InChI=1S/C18H15Cl2N5O2/c19-12-3-4-13(14(20)8-12)15-9-16(27-25-15)18(26)24-7-6-23-17-11(10-21)2-1-5-22-17/h1-5,8,16H,6-7,9H2,(H,22,23)(H,24,26)/t16-/m1/s1. The molecule has 0 bridgehead atoms. The fourth-order valence-electron chi connectivity index (χ4n) is 2.52. The van der Waals surface area contributed by atoms with Crippen molar-refractivity contribution in [2.24, 2.45) is 5.16 Å². The molecule has 1 atom stereocenters. The van der Waals surface area contributed by atoms with Crippen LogP contribution in [0, 0.1) is 11.3 Å². The number of halogens is 2. The number of oxime groups is 1. The molecule has 2 aromatic rings. The van der Waals surface area contributed by atoms with Gasteiger partial charge >= 0.3 is 0 Å². The third-order valence-electron chi connectivity index (χ3n) is 3.85. The highest BCUT2D eigenvalue weighted by Crippen LogP contribution is 2.26. The second kappa shape index (κ2) is 8.71. The molecule has 3 rings (SSSR count). The monoisotopic (exact) mass is 403 g/mol. The summed E-state index contributed by atoms with van der Waals surface area (Å²) in [5.74, 6) is 0.205. The largest absolute Gasteiger partial charge is 0.382 e. The summed E-state index contributed by atoms with van der Waals surface area (Å²) in [7, 11) is 0. The van der Waals surface area contributed by atoms with Gasteiger partial charge in [0, 0.05) is 36.3 Å². The number of nitrogens with zero attached hydrogens (tertiary/aromatic N) is 3. The maximum atomic E-state index is 12.2. The first-order chi connectivity index (χ1) is 13.1. The van der Waals surface area contributed by atoms with E-state index in [-0.39, 0.29) is 5.91 Å². The van der Waals surface area contributed by atoms with Crippen LogP contribution in [0.2, 0.25) is 10.0 Å². The number of anilines is 1. The fraction of sp³-hybridized carbons (Fsp3) is 0.222. The lowest BCUT2D eigenvalue weighted by molar-refractivity contribution is -0.131. The van der Waals surface area contributed by atoms with E-state index in [2.05, 4.69) is 26.8 Å². The van der Waals surface area contributed by atoms with Crippen LogP contribution in [0.4, 0.5) is 5.82 Å². The van der Waals surface area contributed by atoms with Crippen molar-refractivity contribution in [3.63, 3.8) is 0 Å². The molecule has 138 valence electrons. The van der Waals surface area contributed by atoms with Crippen molar-refractivity contribution in [3.05, 3.63) is 57.7 Å². The molecule has 1 aliphatic rings. The van der Waals surface area contributed by atoms with E-state index < -0.39 is 6.10 Å². The number of hydrogen-bond donors (Lipinski definition) is 2. The summed E-state index contributed by atoms with van der Waals surface area (Å²) in [5.41, 5.74) is 1.74. The first-order valence-corrected chi connectivity index (χ1v) is 8.89. The second-order valence-corrected chi connectivity index (χ2v) is 6.53. The molecule has 27 heavy (non-hydrogen) atoms. The third-order valence-corrected chi connectivity index (χ3v) is 4.40. The van der Waals surface area contributed by atoms with Gasteiger partial charge in [-0.1, -0.05) is 34.4 Å². The van der Waals surface area contributed by atoms with E-state index in [1.54, 1.807) is 36.5 Å². The fourth-order valence-corrected chi connectivity index (χ4v) is 3.03. The Morgan fingerprint density at radius 2 is 2.19 bits per heavy atom. The van der Waals surface area contributed by atoms with Crippen molar-refractivity contribution in [2.75, 3.05) is 18.4 Å². The number of nitrogens with one attached hydrogen (secondary N) is 2. The van der Waals surface area contributed by atoms with Gasteiger partial charge in [-0.25, -0.2) is 4.98 Å². The molecule has 0 saturated heterocycles. The Bertz CT molecular complexity index is 926. The van der Waals surface area contributed by atoms with Crippen LogP contribution in [0.1, 0.15) is 17.5 Å². The Labute approximate surface area is 165 Å². The average Bonchev–Trinajstić information content (AvgIpc) is 3.15. The van der Waals surface area contributed by atoms with Gasteiger partial charge in [-0.15, -0.1) is 0 Å². The Kier molecular flexibility index (Phi) is 6.12. The van der Waals surface area contributed by atoms with Gasteiger partial charge < -0.3 is 15.5 Å². The van der Waals surface area contributed by atoms with Crippen LogP contribution in [-0.2, 0) is 9.63 Å². The summed E-state index contributed by atoms with van der Waals surface area (Å²) < 4.78 is 0. The van der Waals surface area contributed by atoms with Crippen LogP contribution >= 0.6 is 23.2 Å². The molecule has 2 N–H and O–H groups in total. The number of pyridine rings is 1. The van der Waals surface area contributed by atoms with Crippen LogP contribution in [0.15, 0.2) is 41.7 Å². The van der Waals surface area contributed by atoms with Gasteiger partial charge in [0.25, 0.3) is 5.91 Å². The topological polar surface area (TPSA) is 99.4 Å². The molecular weight excluding hydrogens is 389 g/mol. The highest BCUT2D eigenvalue weighted by atomic mass is 35.5. The number of aromatic nitrogens is 1. The Balaban J connectivity index is 1.47. The Morgan fingerprint density at radius 1 is 1.33 bits per heavy atom. The summed E-state index contributed by atoms with van der Waals surface area (Å²) in [6.07, 6.45) is 1.20. The quantitative estimate of drug-likeness (QED) is 0.722. The van der Waals surface area contributed by atoms with Gasteiger partial charge in [-0.3, -0.25) is 4.79 Å². The van der Waals surface area contributed by atoms with Gasteiger partial charge in [0.1, 0.15) is 11.9 Å². The molecule has 1 aliphatic heterocycles. The van der Waals surface area contributed by atoms with E-state index >= 15 is 0 Å². The zero-order valence-corrected chi connectivity index (χ0v) is 15.6. The molecule has 7 nitrogen and oxygen atoms in total. The molecule has 0 unspecified atom stereocenters. The SMILES string of the molecule is N#Cc1cccnc1NCCNC(=O)[C@H]1CC(c2ccc(Cl)cc2Cl)=NO1. The highest BCUT2D eigenvalue weighted by Gasteiger charge is 2.29. The predicted octanol–water partition coefficient (Wildman–Crippen LogP) is 2.98. The van der Waals surface area contributed by atoms with E-state index in [0.717, 1.165) is 0 Å². The predicted molar refractivity (Wildman–Crippen MR) is 103 cm³/mol. The van der Waals surface area contributed by atoms with Crippen molar-refractivity contribution in [2.45, 2.75) is 12.5 Å². The first-order valence-electron chi connectivity index (χ1n) is 8.13. The molecule has 0 saturated carbocycles. The Morgan fingerprint density at radius 3 is 2.96 bits per heavy atom. The van der Waals surface area contributed by atoms with Crippen LogP contribution in [-0.4, -0.2) is 35.8 Å². The number of amides is 1. The minimum absolute atomic E-state index is 0.276. The van der Waals surface area contributed by atoms with Gasteiger partial charge in [-0.2, -0.15) is 5.26 Å². The van der Waals surface area contributed by atoms with Gasteiger partial charge in [0.15, 0.2) is 0 Å². The molecule has 2 heterocycles. The van der Waals surface area contributed by atoms with Gasteiger partial charge in [0.2, 0.25) is 6.10 Å². The summed E-state index contributed by atoms with van der Waals surface area (Å²) in [6, 6.07) is 10.5. The van der Waals surface area contributed by atoms with Crippen molar-refractivity contribution >= 4 is 40.6 Å². The number of carbonyl (C=O) groups is 1. The molecule has 0 spiro atoms. The summed E-state index contributed by atoms with van der Waals surface area (Å²) in [4.78, 5) is 21.6. The van der Waals surface area contributed by atoms with Crippen molar-refractivity contribution < 1.29 is 9.63 Å². The molecule has 0 aliphatic carbocycles. The van der Waals surface area contributed by atoms with Crippen molar-refractivity contribution in [3.8, 4) is 6.07 Å². The summed E-state index contributed by atoms with van der Waals surface area (Å²) in [5, 5.41) is 19.7. The lowest BCUT2D eigenvalue weighted by atomic mass is 10.0. The highest BCUT2D eigenvalue weighted by molar-refractivity contribution is 6.37. The van der Waals surface area contributed by atoms with Crippen LogP contribution in [0.5, 0.6) is 0 Å². The van der Waals surface area contributed by atoms with E-state index in [4.69, 9.17) is 33.3 Å². The van der Waals surface area contributed by atoms with Gasteiger partial charge in [-0.05, 0) is 24.3 Å². The number of benzene rings is 1. The lowest BCUT2D eigenvalue weighted by Gasteiger charge is -2.11. The zero-order valence-electron chi connectivity index (χ0n) is 14.1. The van der Waals surface area contributed by atoms with E-state index in [0.29, 0.717) is 52.2 Å². The van der Waals surface area contributed by atoms with Crippen molar-refractivity contribution in [1.82, 2.24) is 10.3 Å². The second-order valence-electron chi connectivity index (χ2n) is 5.69. The molecule has 9 heteroatoms. The summed E-state index contributed by atoms with van der Waals surface area (Å²) in [6.45, 7) is 0.762. The van der Waals surface area contributed by atoms with Crippen LogP contribution in [0.25, 0.3) is 0 Å². The number of hydrogen-bond acceptors (Lipinski definition) is 6. The molecule has 1 amide bonds. The van der Waals surface area contributed by atoms with E-state index in [1.165, 1.54) is 0 Å². The Hall–Kier alpha value is -2.82. The first kappa shape index (κ1) is 19.0. The number of nitriles is 1. The van der Waals surface area contributed by atoms with E-state index in [1.807, 2.05) is 0 Å². The lowest BCUT2D eigenvalue weighted by Crippen LogP contribution is -2.37. The molecular formula is C18H15Cl2N5O2. The normalized spacial score (nSPS) is 15.4. The van der Waals surface area contributed by atoms with Crippen LogP contribution in [0.3, 0.4) is 0 Å². The maximum Gasteiger partial charge on any atom is 0.264 e. The molecule has 1 aromatic carbocycles. The number of carbonyl (C=O) groups excluding carboxylic acids is 1.